The van der Waals surface area contributed by atoms with Crippen molar-refractivity contribution in [3.05, 3.63) is 17.5 Å². The van der Waals surface area contributed by atoms with Crippen LogP contribution in [0.15, 0.2) is 6.07 Å². The molecule has 1 aromatic heterocycles. The normalized spacial score (nSPS) is 21.0. The van der Waals surface area contributed by atoms with E-state index in [1.54, 1.807) is 23.8 Å². The lowest BCUT2D eigenvalue weighted by Gasteiger charge is -2.19. The number of nitrogens with zero attached hydrogens (tertiary/aromatic N) is 4. The first-order valence-corrected chi connectivity index (χ1v) is 8.24. The van der Waals surface area contributed by atoms with Gasteiger partial charge in [-0.15, -0.1) is 0 Å². The molecule has 0 spiro atoms. The Morgan fingerprint density at radius 2 is 2.22 bits per heavy atom. The molecule has 2 aliphatic heterocycles. The largest absolute Gasteiger partial charge is 0.376 e. The van der Waals surface area contributed by atoms with Crippen molar-refractivity contribution in [2.45, 2.75) is 45.4 Å². The lowest BCUT2D eigenvalue weighted by molar-refractivity contribution is -0.129. The van der Waals surface area contributed by atoms with Gasteiger partial charge in [-0.3, -0.25) is 14.3 Å². The van der Waals surface area contributed by atoms with E-state index in [9.17, 15) is 9.59 Å². The Bertz CT molecular complexity index is 592. The average molecular weight is 320 g/mol. The molecule has 0 aliphatic carbocycles. The molecular formula is C16H24N4O3. The topological polar surface area (TPSA) is 67.7 Å². The Labute approximate surface area is 136 Å². The highest BCUT2D eigenvalue weighted by Crippen LogP contribution is 2.17. The zero-order chi connectivity index (χ0) is 16.4. The number of likely N-dealkylation sites (N-methyl/N-ethyl adjacent to an activating group) is 1. The van der Waals surface area contributed by atoms with Gasteiger partial charge in [0.15, 0.2) is 5.69 Å². The minimum atomic E-state index is -0.0875. The van der Waals surface area contributed by atoms with Crippen molar-refractivity contribution in [3.8, 4) is 0 Å². The first kappa shape index (κ1) is 16.0. The highest BCUT2D eigenvalue weighted by atomic mass is 16.5. The van der Waals surface area contributed by atoms with Crippen molar-refractivity contribution in [1.29, 1.82) is 0 Å². The summed E-state index contributed by atoms with van der Waals surface area (Å²) in [5.41, 5.74) is 1.37. The molecule has 1 fully saturated rings. The lowest BCUT2D eigenvalue weighted by atomic mass is 10.2. The van der Waals surface area contributed by atoms with E-state index in [1.807, 2.05) is 10.7 Å². The van der Waals surface area contributed by atoms with E-state index in [0.29, 0.717) is 18.8 Å². The van der Waals surface area contributed by atoms with Crippen LogP contribution in [0.4, 0.5) is 0 Å². The van der Waals surface area contributed by atoms with Crippen molar-refractivity contribution >= 4 is 11.8 Å². The highest BCUT2D eigenvalue weighted by Gasteiger charge is 2.25. The van der Waals surface area contributed by atoms with Crippen molar-refractivity contribution in [3.63, 3.8) is 0 Å². The van der Waals surface area contributed by atoms with Gasteiger partial charge in [-0.2, -0.15) is 5.10 Å². The third-order valence-electron chi connectivity index (χ3n) is 4.53. The fourth-order valence-corrected chi connectivity index (χ4v) is 3.21. The van der Waals surface area contributed by atoms with Gasteiger partial charge in [0.1, 0.15) is 0 Å². The number of carbonyl (C=O) groups excluding carboxylic acids is 2. The zero-order valence-corrected chi connectivity index (χ0v) is 13.8. The Morgan fingerprint density at radius 1 is 1.39 bits per heavy atom. The van der Waals surface area contributed by atoms with Crippen molar-refractivity contribution in [1.82, 2.24) is 19.6 Å². The summed E-state index contributed by atoms with van der Waals surface area (Å²) in [4.78, 5) is 27.7. The Hall–Kier alpha value is -1.89. The van der Waals surface area contributed by atoms with Gasteiger partial charge < -0.3 is 14.5 Å². The van der Waals surface area contributed by atoms with Crippen molar-refractivity contribution < 1.29 is 14.3 Å². The summed E-state index contributed by atoms with van der Waals surface area (Å²) in [5.74, 6) is -0.0292. The van der Waals surface area contributed by atoms with E-state index in [0.717, 1.165) is 44.7 Å². The van der Waals surface area contributed by atoms with Gasteiger partial charge in [0.2, 0.25) is 5.91 Å². The second-order valence-corrected chi connectivity index (χ2v) is 6.36. The summed E-state index contributed by atoms with van der Waals surface area (Å²) in [7, 11) is 1.79. The van der Waals surface area contributed by atoms with Gasteiger partial charge >= 0.3 is 0 Å². The molecule has 0 saturated carbocycles. The molecule has 1 atom stereocenters. The maximum atomic E-state index is 12.6. The molecule has 7 heteroatoms. The third-order valence-corrected chi connectivity index (χ3v) is 4.53. The molecule has 1 aromatic rings. The standard InChI is InChI=1S/C16H24N4O3/c1-12(21)19-6-4-7-20-13(10-19)9-15(17-20)16(22)18(2)11-14-5-3-8-23-14/h9,14H,3-8,10-11H2,1-2H3/t14-/m1/s1. The van der Waals surface area contributed by atoms with Crippen LogP contribution in [0.2, 0.25) is 0 Å². The monoisotopic (exact) mass is 320 g/mol. The van der Waals surface area contributed by atoms with Crippen LogP contribution in [0.1, 0.15) is 42.4 Å². The van der Waals surface area contributed by atoms with Gasteiger partial charge in [0, 0.05) is 40.2 Å². The maximum Gasteiger partial charge on any atom is 0.274 e. The van der Waals surface area contributed by atoms with E-state index < -0.39 is 0 Å². The van der Waals surface area contributed by atoms with E-state index in [1.165, 1.54) is 0 Å². The van der Waals surface area contributed by atoms with Gasteiger partial charge in [-0.25, -0.2) is 0 Å². The molecule has 23 heavy (non-hydrogen) atoms. The Morgan fingerprint density at radius 3 is 2.91 bits per heavy atom. The number of amides is 2. The summed E-state index contributed by atoms with van der Waals surface area (Å²) in [6.07, 6.45) is 3.06. The summed E-state index contributed by atoms with van der Waals surface area (Å²) in [5, 5.41) is 4.45. The van der Waals surface area contributed by atoms with Crippen LogP contribution < -0.4 is 0 Å². The summed E-state index contributed by atoms with van der Waals surface area (Å²) in [6, 6.07) is 1.82. The molecule has 1 saturated heterocycles. The molecule has 0 aromatic carbocycles. The van der Waals surface area contributed by atoms with E-state index in [-0.39, 0.29) is 17.9 Å². The second kappa shape index (κ2) is 6.70. The Kier molecular flexibility index (Phi) is 4.66. The quantitative estimate of drug-likeness (QED) is 0.829. The number of fused-ring (bicyclic) bond motifs is 1. The molecule has 0 radical (unpaired) electrons. The van der Waals surface area contributed by atoms with Crippen LogP contribution in [0.5, 0.6) is 0 Å². The molecule has 0 unspecified atom stereocenters. The number of aromatic nitrogens is 2. The third kappa shape index (κ3) is 3.55. The second-order valence-electron chi connectivity index (χ2n) is 6.36. The molecule has 3 rings (SSSR count). The molecular weight excluding hydrogens is 296 g/mol. The van der Waals surface area contributed by atoms with Crippen LogP contribution in [0.3, 0.4) is 0 Å². The summed E-state index contributed by atoms with van der Waals surface area (Å²) >= 11 is 0. The van der Waals surface area contributed by atoms with Gasteiger partial charge in [0.25, 0.3) is 5.91 Å². The molecule has 3 heterocycles. The minimum Gasteiger partial charge on any atom is -0.376 e. The highest BCUT2D eigenvalue weighted by molar-refractivity contribution is 5.92. The number of hydrogen-bond donors (Lipinski definition) is 0. The van der Waals surface area contributed by atoms with Crippen LogP contribution in [0.25, 0.3) is 0 Å². The number of hydrogen-bond acceptors (Lipinski definition) is 4. The molecule has 2 aliphatic rings. The van der Waals surface area contributed by atoms with Crippen molar-refractivity contribution in [2.75, 3.05) is 26.7 Å². The van der Waals surface area contributed by atoms with E-state index >= 15 is 0 Å². The molecule has 0 N–H and O–H groups in total. The number of carbonyl (C=O) groups is 2. The fraction of sp³-hybridized carbons (Fsp3) is 0.688. The predicted molar refractivity (Wildman–Crippen MR) is 83.9 cm³/mol. The molecule has 2 amide bonds. The lowest BCUT2D eigenvalue weighted by Crippen LogP contribution is -2.34. The fourth-order valence-electron chi connectivity index (χ4n) is 3.21. The van der Waals surface area contributed by atoms with E-state index in [2.05, 4.69) is 5.10 Å². The van der Waals surface area contributed by atoms with Crippen LogP contribution in [0, 0.1) is 0 Å². The average Bonchev–Trinajstić information content (AvgIpc) is 3.12. The van der Waals surface area contributed by atoms with Crippen LogP contribution in [-0.4, -0.2) is 64.2 Å². The minimum absolute atomic E-state index is 0.0584. The first-order valence-electron chi connectivity index (χ1n) is 8.24. The maximum absolute atomic E-state index is 12.6. The van der Waals surface area contributed by atoms with Crippen LogP contribution >= 0.6 is 0 Å². The number of ether oxygens (including phenoxy) is 1. The SMILES string of the molecule is CC(=O)N1CCCn2nc(C(=O)N(C)C[C@H]3CCCO3)cc2C1. The predicted octanol–water partition coefficient (Wildman–Crippen LogP) is 0.886. The summed E-state index contributed by atoms with van der Waals surface area (Å²) in [6.45, 7) is 4.95. The zero-order valence-electron chi connectivity index (χ0n) is 13.8. The summed E-state index contributed by atoms with van der Waals surface area (Å²) < 4.78 is 7.44. The van der Waals surface area contributed by atoms with Crippen molar-refractivity contribution in [2.24, 2.45) is 0 Å². The smallest absolute Gasteiger partial charge is 0.274 e. The molecule has 0 bridgehead atoms. The Balaban J connectivity index is 1.70. The van der Waals surface area contributed by atoms with Crippen LogP contribution in [-0.2, 0) is 22.6 Å². The molecule has 7 nitrogen and oxygen atoms in total. The van der Waals surface area contributed by atoms with Gasteiger partial charge in [0.05, 0.1) is 18.3 Å². The number of rotatable bonds is 3. The first-order chi connectivity index (χ1) is 11.0. The molecule has 126 valence electrons. The van der Waals surface area contributed by atoms with Gasteiger partial charge in [-0.1, -0.05) is 0 Å². The number of aryl methyl sites for hydroxylation is 1. The van der Waals surface area contributed by atoms with Gasteiger partial charge in [-0.05, 0) is 25.3 Å². The van der Waals surface area contributed by atoms with E-state index in [4.69, 9.17) is 4.74 Å².